The van der Waals surface area contributed by atoms with Crippen LogP contribution in [0.1, 0.15) is 0 Å². The molecule has 0 amide bonds. The molecule has 5 heteroatoms. The normalized spacial score (nSPS) is 11.6. The smallest absolute Gasteiger partial charge is 0.182 e. The highest BCUT2D eigenvalue weighted by Crippen LogP contribution is 2.39. The Balaban J connectivity index is 0.976. The van der Waals surface area contributed by atoms with Crippen LogP contribution in [0.25, 0.3) is 111 Å². The van der Waals surface area contributed by atoms with Gasteiger partial charge in [0.2, 0.25) is 0 Å². The molecule has 0 aliphatic carbocycles. The summed E-state index contributed by atoms with van der Waals surface area (Å²) in [6, 6.07) is 62.9. The molecule has 0 bridgehead atoms. The molecule has 11 aromatic rings. The van der Waals surface area contributed by atoms with Crippen LogP contribution in [0.15, 0.2) is 186 Å². The van der Waals surface area contributed by atoms with E-state index < -0.39 is 0 Å². The molecule has 5 nitrogen and oxygen atoms in total. The van der Waals surface area contributed by atoms with E-state index in [1.165, 1.54) is 32.3 Å². The number of hydrogen-bond acceptors (Lipinski definition) is 5. The standard InChI is InChI=1S/C50H30N4O/c1-3-12-31(13-4-1)48-52-49(32-14-5-2-6-15-32)54-50(53-48)45-21-11-20-44(51-45)35-24-27-42-41-26-23-34(29-46(41)55-47(42)30-35)33-22-25-40-38-18-8-7-16-36(38)37-17-9-10-19-39(37)43(40)28-33/h1-30H. The zero-order valence-corrected chi connectivity index (χ0v) is 29.5. The van der Waals surface area contributed by atoms with Gasteiger partial charge in [0.1, 0.15) is 16.9 Å². The van der Waals surface area contributed by atoms with Gasteiger partial charge in [-0.15, -0.1) is 0 Å². The van der Waals surface area contributed by atoms with E-state index in [0.29, 0.717) is 23.2 Å². The number of rotatable bonds is 5. The first-order chi connectivity index (χ1) is 27.2. The summed E-state index contributed by atoms with van der Waals surface area (Å²) in [6.07, 6.45) is 0. The van der Waals surface area contributed by atoms with Gasteiger partial charge < -0.3 is 4.42 Å². The Bertz CT molecular complexity index is 3170. The summed E-state index contributed by atoms with van der Waals surface area (Å²) in [6.45, 7) is 0. The number of benzene rings is 8. The Kier molecular flexibility index (Phi) is 7.10. The highest BCUT2D eigenvalue weighted by atomic mass is 16.3. The Morgan fingerprint density at radius 2 is 0.691 bits per heavy atom. The first kappa shape index (κ1) is 31.1. The number of pyridine rings is 1. The molecular weight excluding hydrogens is 673 g/mol. The van der Waals surface area contributed by atoms with Crippen molar-refractivity contribution in [2.24, 2.45) is 0 Å². The SMILES string of the molecule is c1ccc(-c2nc(-c3ccccc3)nc(-c3cccc(-c4ccc5c(c4)oc4cc(-c6ccc7c8ccccc8c8ccccc8c7c6)ccc45)n3)n2)cc1. The lowest BCUT2D eigenvalue weighted by atomic mass is 9.92. The van der Waals surface area contributed by atoms with Gasteiger partial charge in [0, 0.05) is 27.5 Å². The van der Waals surface area contributed by atoms with E-state index in [1.807, 2.05) is 78.9 Å². The number of furan rings is 1. The molecule has 0 atom stereocenters. The zero-order chi connectivity index (χ0) is 36.3. The maximum atomic E-state index is 6.58. The molecule has 0 saturated heterocycles. The highest BCUT2D eigenvalue weighted by Gasteiger charge is 2.16. The quantitative estimate of drug-likeness (QED) is 0.167. The third-order valence-electron chi connectivity index (χ3n) is 10.5. The van der Waals surface area contributed by atoms with Gasteiger partial charge in [0.05, 0.1) is 5.69 Å². The lowest BCUT2D eigenvalue weighted by molar-refractivity contribution is 0.669. The molecule has 0 saturated carbocycles. The van der Waals surface area contributed by atoms with Gasteiger partial charge in [-0.2, -0.15) is 0 Å². The minimum absolute atomic E-state index is 0.516. The minimum Gasteiger partial charge on any atom is -0.456 e. The van der Waals surface area contributed by atoms with E-state index in [-0.39, 0.29) is 0 Å². The molecule has 0 radical (unpaired) electrons. The van der Waals surface area contributed by atoms with Gasteiger partial charge in [-0.25, -0.2) is 19.9 Å². The number of hydrogen-bond donors (Lipinski definition) is 0. The van der Waals surface area contributed by atoms with Crippen LogP contribution in [0.3, 0.4) is 0 Å². The molecule has 256 valence electrons. The molecule has 55 heavy (non-hydrogen) atoms. The Labute approximate surface area is 316 Å². The van der Waals surface area contributed by atoms with E-state index in [1.54, 1.807) is 0 Å². The van der Waals surface area contributed by atoms with Crippen LogP contribution in [0.4, 0.5) is 0 Å². The largest absolute Gasteiger partial charge is 0.456 e. The van der Waals surface area contributed by atoms with Crippen molar-refractivity contribution < 1.29 is 4.42 Å². The summed E-state index contributed by atoms with van der Waals surface area (Å²) in [5.41, 5.74) is 8.18. The maximum absolute atomic E-state index is 6.58. The predicted molar refractivity (Wildman–Crippen MR) is 225 cm³/mol. The van der Waals surface area contributed by atoms with E-state index in [9.17, 15) is 0 Å². The van der Waals surface area contributed by atoms with E-state index >= 15 is 0 Å². The Morgan fingerprint density at radius 1 is 0.255 bits per heavy atom. The summed E-state index contributed by atoms with van der Waals surface area (Å²) >= 11 is 0. The molecule has 0 spiro atoms. The molecule has 0 unspecified atom stereocenters. The topological polar surface area (TPSA) is 64.7 Å². The first-order valence-electron chi connectivity index (χ1n) is 18.4. The second-order valence-electron chi connectivity index (χ2n) is 13.8. The van der Waals surface area contributed by atoms with Crippen molar-refractivity contribution in [2.75, 3.05) is 0 Å². The summed E-state index contributed by atoms with van der Waals surface area (Å²) < 4.78 is 6.58. The van der Waals surface area contributed by atoms with Crippen molar-refractivity contribution in [3.63, 3.8) is 0 Å². The summed E-state index contributed by atoms with van der Waals surface area (Å²) in [7, 11) is 0. The zero-order valence-electron chi connectivity index (χ0n) is 29.5. The van der Waals surface area contributed by atoms with E-state index in [0.717, 1.165) is 55.4 Å². The molecule has 8 aromatic carbocycles. The molecule has 11 rings (SSSR count). The summed E-state index contributed by atoms with van der Waals surface area (Å²) in [5.74, 6) is 1.72. The van der Waals surface area contributed by atoms with Gasteiger partial charge in [0.25, 0.3) is 0 Å². The lowest BCUT2D eigenvalue weighted by Crippen LogP contribution is -2.01. The molecule has 0 aliphatic rings. The van der Waals surface area contributed by atoms with Crippen LogP contribution in [-0.4, -0.2) is 19.9 Å². The van der Waals surface area contributed by atoms with E-state index in [2.05, 4.69) is 103 Å². The molecule has 0 aliphatic heterocycles. The monoisotopic (exact) mass is 702 g/mol. The summed E-state index contributed by atoms with van der Waals surface area (Å²) in [5, 5.41) is 9.74. The molecule has 3 aromatic heterocycles. The Morgan fingerprint density at radius 3 is 1.29 bits per heavy atom. The maximum Gasteiger partial charge on any atom is 0.182 e. The van der Waals surface area contributed by atoms with Crippen LogP contribution in [0, 0.1) is 0 Å². The third kappa shape index (κ3) is 5.33. The molecule has 3 heterocycles. The van der Waals surface area contributed by atoms with Crippen LogP contribution in [0.5, 0.6) is 0 Å². The second-order valence-corrected chi connectivity index (χ2v) is 13.8. The predicted octanol–water partition coefficient (Wildman–Crippen LogP) is 13.0. The third-order valence-corrected chi connectivity index (χ3v) is 10.5. The average Bonchev–Trinajstić information content (AvgIpc) is 3.64. The van der Waals surface area contributed by atoms with Crippen LogP contribution in [0.2, 0.25) is 0 Å². The van der Waals surface area contributed by atoms with Crippen molar-refractivity contribution in [3.05, 3.63) is 182 Å². The van der Waals surface area contributed by atoms with Crippen LogP contribution >= 0.6 is 0 Å². The fraction of sp³-hybridized carbons (Fsp3) is 0. The van der Waals surface area contributed by atoms with Gasteiger partial charge in [0.15, 0.2) is 17.5 Å². The van der Waals surface area contributed by atoms with Gasteiger partial charge in [-0.1, -0.05) is 140 Å². The molecule has 0 fully saturated rings. The van der Waals surface area contributed by atoms with Crippen molar-refractivity contribution in [3.8, 4) is 56.7 Å². The Hall–Kier alpha value is -7.50. The molecular formula is C50H30N4O. The fourth-order valence-corrected chi connectivity index (χ4v) is 7.85. The van der Waals surface area contributed by atoms with Gasteiger partial charge >= 0.3 is 0 Å². The van der Waals surface area contributed by atoms with Crippen molar-refractivity contribution in [1.29, 1.82) is 0 Å². The molecule has 0 N–H and O–H groups in total. The minimum atomic E-state index is 0.516. The van der Waals surface area contributed by atoms with Gasteiger partial charge in [-0.05, 0) is 85.9 Å². The second kappa shape index (κ2) is 12.6. The fourth-order valence-electron chi connectivity index (χ4n) is 7.85. The van der Waals surface area contributed by atoms with Crippen molar-refractivity contribution >= 4 is 54.3 Å². The van der Waals surface area contributed by atoms with Crippen LogP contribution in [-0.2, 0) is 0 Å². The number of fused-ring (bicyclic) bond motifs is 9. The van der Waals surface area contributed by atoms with E-state index in [4.69, 9.17) is 24.4 Å². The van der Waals surface area contributed by atoms with Crippen LogP contribution < -0.4 is 0 Å². The van der Waals surface area contributed by atoms with Gasteiger partial charge in [-0.3, -0.25) is 0 Å². The van der Waals surface area contributed by atoms with Crippen molar-refractivity contribution in [1.82, 2.24) is 19.9 Å². The highest BCUT2D eigenvalue weighted by molar-refractivity contribution is 6.25. The first-order valence-corrected chi connectivity index (χ1v) is 18.4. The number of aromatic nitrogens is 4. The van der Waals surface area contributed by atoms with Crippen molar-refractivity contribution in [2.45, 2.75) is 0 Å². The summed E-state index contributed by atoms with van der Waals surface area (Å²) in [4.78, 5) is 19.7. The lowest BCUT2D eigenvalue weighted by Gasteiger charge is -2.12. The number of nitrogens with zero attached hydrogens (tertiary/aromatic N) is 4. The average molecular weight is 703 g/mol.